The molecule has 1 aromatic heterocycles. The van der Waals surface area contributed by atoms with Crippen molar-refractivity contribution in [2.75, 3.05) is 6.61 Å². The normalized spacial score (nSPS) is 10.6. The van der Waals surface area contributed by atoms with Crippen molar-refractivity contribution < 1.29 is 14.3 Å². The van der Waals surface area contributed by atoms with Crippen LogP contribution >= 0.6 is 22.9 Å². The average molecular weight is 336 g/mol. The monoisotopic (exact) mass is 335 g/mol. The number of benzene rings is 1. The summed E-state index contributed by atoms with van der Waals surface area (Å²) >= 11 is 7.49. The van der Waals surface area contributed by atoms with E-state index in [1.54, 1.807) is 12.1 Å². The van der Waals surface area contributed by atoms with Gasteiger partial charge in [0.2, 0.25) is 0 Å². The number of nitrogens with one attached hydrogen (secondary N) is 1. The minimum atomic E-state index is -0.554. The third-order valence-electron chi connectivity index (χ3n) is 2.71. The first-order valence-electron chi connectivity index (χ1n) is 6.53. The van der Waals surface area contributed by atoms with E-state index < -0.39 is 5.97 Å². The Morgan fingerprint density at radius 2 is 2.05 bits per heavy atom. The van der Waals surface area contributed by atoms with Crippen LogP contribution in [-0.4, -0.2) is 18.5 Å². The topological polar surface area (TPSA) is 55.4 Å². The van der Waals surface area contributed by atoms with E-state index >= 15 is 0 Å². The number of rotatable bonds is 6. The van der Waals surface area contributed by atoms with Crippen molar-refractivity contribution >= 4 is 40.9 Å². The van der Waals surface area contributed by atoms with E-state index in [1.165, 1.54) is 17.4 Å². The van der Waals surface area contributed by atoms with E-state index in [9.17, 15) is 9.59 Å². The maximum absolute atomic E-state index is 11.6. The zero-order valence-electron chi connectivity index (χ0n) is 11.6. The van der Waals surface area contributed by atoms with Crippen LogP contribution < -0.4 is 5.32 Å². The molecule has 2 rings (SSSR count). The molecule has 114 valence electrons. The quantitative estimate of drug-likeness (QED) is 0.651. The summed E-state index contributed by atoms with van der Waals surface area (Å²) in [7, 11) is 0. The van der Waals surface area contributed by atoms with Crippen LogP contribution in [0.3, 0.4) is 0 Å². The van der Waals surface area contributed by atoms with Crippen LogP contribution in [0.4, 0.5) is 0 Å². The fraction of sp³-hybridized carbons (Fsp3) is 0.125. The van der Waals surface area contributed by atoms with Crippen molar-refractivity contribution in [3.63, 3.8) is 0 Å². The van der Waals surface area contributed by atoms with Crippen molar-refractivity contribution in [2.24, 2.45) is 0 Å². The molecule has 1 aromatic carbocycles. The van der Waals surface area contributed by atoms with E-state index in [0.717, 1.165) is 10.4 Å². The lowest BCUT2D eigenvalue weighted by molar-refractivity contribution is -0.143. The smallest absolute Gasteiger partial charge is 0.331 e. The molecule has 0 bridgehead atoms. The van der Waals surface area contributed by atoms with Crippen LogP contribution in [0.25, 0.3) is 6.08 Å². The van der Waals surface area contributed by atoms with Gasteiger partial charge in [0.25, 0.3) is 5.91 Å². The summed E-state index contributed by atoms with van der Waals surface area (Å²) in [6, 6.07) is 11.0. The van der Waals surface area contributed by atoms with Gasteiger partial charge in [-0.3, -0.25) is 4.79 Å². The summed E-state index contributed by atoms with van der Waals surface area (Å²) in [6.45, 7) is -0.0286. The van der Waals surface area contributed by atoms with Gasteiger partial charge in [0.05, 0.1) is 0 Å². The van der Waals surface area contributed by atoms with E-state index in [0.29, 0.717) is 11.6 Å². The molecule has 1 N–H and O–H groups in total. The van der Waals surface area contributed by atoms with Crippen molar-refractivity contribution in [1.29, 1.82) is 0 Å². The van der Waals surface area contributed by atoms with Gasteiger partial charge in [-0.25, -0.2) is 4.79 Å². The molecule has 0 aliphatic rings. The Kier molecular flexibility index (Phi) is 6.18. The van der Waals surface area contributed by atoms with Crippen molar-refractivity contribution in [2.45, 2.75) is 6.54 Å². The molecule has 22 heavy (non-hydrogen) atoms. The summed E-state index contributed by atoms with van der Waals surface area (Å²) in [6.07, 6.45) is 2.95. The van der Waals surface area contributed by atoms with Crippen LogP contribution in [-0.2, 0) is 20.9 Å². The highest BCUT2D eigenvalue weighted by Crippen LogP contribution is 2.14. The fourth-order valence-electron chi connectivity index (χ4n) is 1.61. The number of hydrogen-bond acceptors (Lipinski definition) is 4. The summed E-state index contributed by atoms with van der Waals surface area (Å²) in [5, 5.41) is 5.13. The Bertz CT molecular complexity index is 668. The molecular weight excluding hydrogens is 322 g/mol. The Hall–Kier alpha value is -2.11. The number of carbonyl (C=O) groups is 2. The molecule has 2 aromatic rings. The third kappa shape index (κ3) is 5.35. The van der Waals surface area contributed by atoms with E-state index in [-0.39, 0.29) is 12.5 Å². The lowest BCUT2D eigenvalue weighted by Gasteiger charge is -2.06. The lowest BCUT2D eigenvalue weighted by atomic mass is 10.2. The van der Waals surface area contributed by atoms with E-state index in [4.69, 9.17) is 16.3 Å². The second kappa shape index (κ2) is 8.36. The van der Waals surface area contributed by atoms with Gasteiger partial charge in [0.1, 0.15) is 0 Å². The van der Waals surface area contributed by atoms with Gasteiger partial charge in [-0.2, -0.15) is 0 Å². The predicted molar refractivity (Wildman–Crippen MR) is 87.6 cm³/mol. The number of amides is 1. The standard InChI is InChI=1S/C16H14ClNO3S/c17-14-6-2-1-4-12(14)10-18-15(19)11-21-16(20)8-7-13-5-3-9-22-13/h1-9H,10-11H2,(H,18,19)/b8-7+. The lowest BCUT2D eigenvalue weighted by Crippen LogP contribution is -2.28. The van der Waals surface area contributed by atoms with Gasteiger partial charge in [-0.1, -0.05) is 35.9 Å². The molecule has 0 atom stereocenters. The van der Waals surface area contributed by atoms with Gasteiger partial charge in [0, 0.05) is 22.5 Å². The van der Waals surface area contributed by atoms with E-state index in [2.05, 4.69) is 5.32 Å². The summed E-state index contributed by atoms with van der Waals surface area (Å²) in [4.78, 5) is 24.0. The summed E-state index contributed by atoms with van der Waals surface area (Å²) in [5.74, 6) is -0.931. The summed E-state index contributed by atoms with van der Waals surface area (Å²) < 4.78 is 4.85. The molecule has 0 fully saturated rings. The third-order valence-corrected chi connectivity index (χ3v) is 3.91. The predicted octanol–water partition coefficient (Wildman–Crippen LogP) is 3.27. The van der Waals surface area contributed by atoms with Crippen LogP contribution in [0.1, 0.15) is 10.4 Å². The molecule has 1 amide bonds. The van der Waals surface area contributed by atoms with Gasteiger partial charge in [-0.05, 0) is 29.2 Å². The second-order valence-electron chi connectivity index (χ2n) is 4.32. The largest absolute Gasteiger partial charge is 0.452 e. The first-order valence-corrected chi connectivity index (χ1v) is 7.79. The molecule has 6 heteroatoms. The number of hydrogen-bond donors (Lipinski definition) is 1. The fourth-order valence-corrected chi connectivity index (χ4v) is 2.43. The van der Waals surface area contributed by atoms with Gasteiger partial charge < -0.3 is 10.1 Å². The van der Waals surface area contributed by atoms with Crippen molar-refractivity contribution in [1.82, 2.24) is 5.32 Å². The van der Waals surface area contributed by atoms with Gasteiger partial charge in [0.15, 0.2) is 6.61 Å². The number of carbonyl (C=O) groups excluding carboxylic acids is 2. The van der Waals surface area contributed by atoms with Gasteiger partial charge in [-0.15, -0.1) is 11.3 Å². The molecule has 0 aliphatic heterocycles. The Morgan fingerprint density at radius 1 is 1.23 bits per heavy atom. The highest BCUT2D eigenvalue weighted by Gasteiger charge is 2.06. The maximum atomic E-state index is 11.6. The molecule has 0 aliphatic carbocycles. The molecule has 0 radical (unpaired) electrons. The highest BCUT2D eigenvalue weighted by molar-refractivity contribution is 7.10. The molecule has 0 spiro atoms. The molecule has 0 saturated heterocycles. The molecular formula is C16H14ClNO3S. The Balaban J connectivity index is 1.71. The first kappa shape index (κ1) is 16.3. The van der Waals surface area contributed by atoms with Crippen LogP contribution in [0.2, 0.25) is 5.02 Å². The van der Waals surface area contributed by atoms with Crippen molar-refractivity contribution in [3.8, 4) is 0 Å². The molecule has 0 unspecified atom stereocenters. The number of thiophene rings is 1. The van der Waals surface area contributed by atoms with Crippen molar-refractivity contribution in [3.05, 3.63) is 63.3 Å². The van der Waals surface area contributed by atoms with Crippen LogP contribution in [0.5, 0.6) is 0 Å². The average Bonchev–Trinajstić information content (AvgIpc) is 3.03. The maximum Gasteiger partial charge on any atom is 0.331 e. The minimum Gasteiger partial charge on any atom is -0.452 e. The highest BCUT2D eigenvalue weighted by atomic mass is 35.5. The SMILES string of the molecule is O=C(COC(=O)/C=C/c1cccs1)NCc1ccccc1Cl. The Labute approximate surface area is 137 Å². The molecule has 1 heterocycles. The van der Waals surface area contributed by atoms with Gasteiger partial charge >= 0.3 is 5.97 Å². The van der Waals surface area contributed by atoms with Crippen LogP contribution in [0.15, 0.2) is 47.9 Å². The molecule has 0 saturated carbocycles. The Morgan fingerprint density at radius 3 is 2.77 bits per heavy atom. The first-order chi connectivity index (χ1) is 10.6. The number of ether oxygens (including phenoxy) is 1. The van der Waals surface area contributed by atoms with E-state index in [1.807, 2.05) is 35.7 Å². The molecule has 4 nitrogen and oxygen atoms in total. The zero-order valence-corrected chi connectivity index (χ0v) is 13.2. The van der Waals surface area contributed by atoms with Crippen LogP contribution in [0, 0.1) is 0 Å². The zero-order chi connectivity index (χ0) is 15.8. The summed E-state index contributed by atoms with van der Waals surface area (Å²) in [5.41, 5.74) is 0.807. The second-order valence-corrected chi connectivity index (χ2v) is 5.71. The minimum absolute atomic E-state index is 0.293. The number of esters is 1. The number of halogens is 1.